The summed E-state index contributed by atoms with van der Waals surface area (Å²) in [5, 5.41) is 9.57. The van der Waals surface area contributed by atoms with Crippen molar-refractivity contribution in [2.75, 3.05) is 0 Å². The molecule has 0 aliphatic heterocycles. The number of carboxylic acids is 1. The summed E-state index contributed by atoms with van der Waals surface area (Å²) in [7, 11) is 0. The predicted octanol–water partition coefficient (Wildman–Crippen LogP) is 3.39. The Morgan fingerprint density at radius 1 is 1.09 bits per heavy atom. The summed E-state index contributed by atoms with van der Waals surface area (Å²) in [5.74, 6) is -1.09. The lowest BCUT2D eigenvalue weighted by atomic mass is 10.0. The van der Waals surface area contributed by atoms with Crippen molar-refractivity contribution in [3.05, 3.63) is 70.4 Å². The topological polar surface area (TPSA) is 59.3 Å². The molecule has 0 spiro atoms. The van der Waals surface area contributed by atoms with E-state index in [9.17, 15) is 14.7 Å². The number of carboxylic acid groups (broad SMARTS) is 1. The van der Waals surface area contributed by atoms with Crippen molar-refractivity contribution in [1.29, 1.82) is 0 Å². The van der Waals surface area contributed by atoms with E-state index in [4.69, 9.17) is 0 Å². The quantitative estimate of drug-likeness (QED) is 0.805. The Morgan fingerprint density at radius 3 is 2.45 bits per heavy atom. The first-order valence-electron chi connectivity index (χ1n) is 7.08. The monoisotopic (exact) mass is 293 g/mol. The van der Waals surface area contributed by atoms with Gasteiger partial charge in [-0.2, -0.15) is 0 Å². The molecule has 22 heavy (non-hydrogen) atoms. The lowest BCUT2D eigenvalue weighted by molar-refractivity contribution is 0.0699. The van der Waals surface area contributed by atoms with Crippen LogP contribution in [0, 0.1) is 0 Å². The minimum absolute atomic E-state index is 0.0457. The molecule has 110 valence electrons. The lowest BCUT2D eigenvalue weighted by Crippen LogP contribution is -2.14. The minimum Gasteiger partial charge on any atom is -0.478 e. The summed E-state index contributed by atoms with van der Waals surface area (Å²) in [5.41, 5.74) is 2.15. The number of aromatic nitrogens is 1. The highest BCUT2D eigenvalue weighted by molar-refractivity contribution is 6.03. The standard InChI is InChI=1S/C18H15NO3/c1-2-19-14-10-6-9-13(18(21)22)17(14)16(20)11-15(19)12-7-4-3-5-8-12/h3-11H,2H2,1H3,(H,21,22). The molecular weight excluding hydrogens is 278 g/mol. The first kappa shape index (κ1) is 14.1. The average Bonchev–Trinajstić information content (AvgIpc) is 2.55. The molecule has 4 heteroatoms. The predicted molar refractivity (Wildman–Crippen MR) is 86.3 cm³/mol. The fourth-order valence-electron chi connectivity index (χ4n) is 2.80. The minimum atomic E-state index is -1.09. The van der Waals surface area contributed by atoms with Gasteiger partial charge < -0.3 is 9.67 Å². The van der Waals surface area contributed by atoms with Crippen LogP contribution in [0.4, 0.5) is 0 Å². The normalized spacial score (nSPS) is 10.8. The Hall–Kier alpha value is -2.88. The van der Waals surface area contributed by atoms with E-state index < -0.39 is 5.97 Å². The fraction of sp³-hybridized carbons (Fsp3) is 0.111. The van der Waals surface area contributed by atoms with Crippen molar-refractivity contribution in [1.82, 2.24) is 4.57 Å². The highest BCUT2D eigenvalue weighted by Crippen LogP contribution is 2.24. The molecule has 0 aliphatic carbocycles. The Kier molecular flexibility index (Phi) is 3.51. The van der Waals surface area contributed by atoms with Crippen LogP contribution in [0.15, 0.2) is 59.4 Å². The third kappa shape index (κ3) is 2.19. The Labute approximate surface area is 127 Å². The van der Waals surface area contributed by atoms with Crippen LogP contribution in [-0.2, 0) is 6.54 Å². The number of aryl methyl sites for hydroxylation is 1. The lowest BCUT2D eigenvalue weighted by Gasteiger charge is -2.16. The molecule has 0 unspecified atom stereocenters. The van der Waals surface area contributed by atoms with Gasteiger partial charge in [-0.25, -0.2) is 4.79 Å². The van der Waals surface area contributed by atoms with Gasteiger partial charge in [-0.3, -0.25) is 4.79 Å². The van der Waals surface area contributed by atoms with E-state index in [1.807, 2.05) is 41.8 Å². The second-order valence-electron chi connectivity index (χ2n) is 5.01. The van der Waals surface area contributed by atoms with Gasteiger partial charge in [0.1, 0.15) is 0 Å². The van der Waals surface area contributed by atoms with Gasteiger partial charge in [0.2, 0.25) is 0 Å². The van der Waals surface area contributed by atoms with Gasteiger partial charge in [0.05, 0.1) is 22.2 Å². The molecule has 4 nitrogen and oxygen atoms in total. The largest absolute Gasteiger partial charge is 0.478 e. The Bertz CT molecular complexity index is 911. The molecule has 0 radical (unpaired) electrons. The summed E-state index contributed by atoms with van der Waals surface area (Å²) >= 11 is 0. The molecule has 2 aromatic carbocycles. The van der Waals surface area contributed by atoms with E-state index in [0.717, 1.165) is 11.3 Å². The second kappa shape index (κ2) is 5.48. The van der Waals surface area contributed by atoms with Crippen molar-refractivity contribution in [2.24, 2.45) is 0 Å². The molecule has 1 aromatic heterocycles. The molecule has 0 atom stereocenters. The number of carbonyl (C=O) groups is 1. The zero-order valence-corrected chi connectivity index (χ0v) is 12.1. The highest BCUT2D eigenvalue weighted by atomic mass is 16.4. The third-order valence-corrected chi connectivity index (χ3v) is 3.75. The fourth-order valence-corrected chi connectivity index (χ4v) is 2.80. The van der Waals surface area contributed by atoms with E-state index in [1.165, 1.54) is 12.1 Å². The summed E-state index contributed by atoms with van der Waals surface area (Å²) in [6.07, 6.45) is 0. The maximum absolute atomic E-state index is 12.5. The van der Waals surface area contributed by atoms with E-state index in [2.05, 4.69) is 0 Å². The number of hydrogen-bond acceptors (Lipinski definition) is 2. The zero-order valence-electron chi connectivity index (χ0n) is 12.1. The third-order valence-electron chi connectivity index (χ3n) is 3.75. The number of rotatable bonds is 3. The van der Waals surface area contributed by atoms with Gasteiger partial charge in [-0.05, 0) is 24.6 Å². The molecule has 0 aliphatic rings. The van der Waals surface area contributed by atoms with Gasteiger partial charge in [-0.1, -0.05) is 36.4 Å². The zero-order chi connectivity index (χ0) is 15.7. The number of pyridine rings is 1. The van der Waals surface area contributed by atoms with Crippen LogP contribution >= 0.6 is 0 Å². The number of aromatic carboxylic acids is 1. The SMILES string of the molecule is CCn1c(-c2ccccc2)cc(=O)c2c(C(=O)O)cccc21. The first-order valence-corrected chi connectivity index (χ1v) is 7.08. The van der Waals surface area contributed by atoms with Gasteiger partial charge in [0.25, 0.3) is 0 Å². The molecule has 0 saturated carbocycles. The summed E-state index contributed by atoms with van der Waals surface area (Å²) in [6, 6.07) is 16.1. The van der Waals surface area contributed by atoms with Crippen molar-refractivity contribution in [3.8, 4) is 11.3 Å². The molecule has 0 fully saturated rings. The van der Waals surface area contributed by atoms with Gasteiger partial charge in [0, 0.05) is 12.6 Å². The van der Waals surface area contributed by atoms with Gasteiger partial charge >= 0.3 is 5.97 Å². The van der Waals surface area contributed by atoms with E-state index in [0.29, 0.717) is 12.1 Å². The first-order chi connectivity index (χ1) is 10.6. The summed E-state index contributed by atoms with van der Waals surface area (Å²) in [4.78, 5) is 23.9. The number of benzene rings is 2. The summed E-state index contributed by atoms with van der Waals surface area (Å²) < 4.78 is 1.97. The molecule has 1 heterocycles. The maximum atomic E-state index is 12.5. The molecule has 3 aromatic rings. The van der Waals surface area contributed by atoms with Crippen LogP contribution in [0.25, 0.3) is 22.2 Å². The van der Waals surface area contributed by atoms with Gasteiger partial charge in [0.15, 0.2) is 5.43 Å². The van der Waals surface area contributed by atoms with Crippen molar-refractivity contribution < 1.29 is 9.90 Å². The number of nitrogens with zero attached hydrogens (tertiary/aromatic N) is 1. The van der Waals surface area contributed by atoms with E-state index >= 15 is 0 Å². The Balaban J connectivity index is 2.44. The van der Waals surface area contributed by atoms with Crippen LogP contribution in [0.2, 0.25) is 0 Å². The smallest absolute Gasteiger partial charge is 0.336 e. The molecule has 1 N–H and O–H groups in total. The van der Waals surface area contributed by atoms with Crippen LogP contribution in [0.3, 0.4) is 0 Å². The van der Waals surface area contributed by atoms with Crippen LogP contribution in [-0.4, -0.2) is 15.6 Å². The second-order valence-corrected chi connectivity index (χ2v) is 5.01. The molecule has 0 amide bonds. The number of hydrogen-bond donors (Lipinski definition) is 1. The van der Waals surface area contributed by atoms with E-state index in [1.54, 1.807) is 12.1 Å². The molecule has 3 rings (SSSR count). The van der Waals surface area contributed by atoms with Crippen molar-refractivity contribution >= 4 is 16.9 Å². The van der Waals surface area contributed by atoms with Crippen LogP contribution in [0.1, 0.15) is 17.3 Å². The molecule has 0 saturated heterocycles. The van der Waals surface area contributed by atoms with Crippen LogP contribution < -0.4 is 5.43 Å². The number of fused-ring (bicyclic) bond motifs is 1. The van der Waals surface area contributed by atoms with Gasteiger partial charge in [-0.15, -0.1) is 0 Å². The molecular formula is C18H15NO3. The summed E-state index contributed by atoms with van der Waals surface area (Å²) in [6.45, 7) is 2.62. The van der Waals surface area contributed by atoms with E-state index in [-0.39, 0.29) is 16.4 Å². The highest BCUT2D eigenvalue weighted by Gasteiger charge is 2.15. The van der Waals surface area contributed by atoms with Crippen molar-refractivity contribution in [3.63, 3.8) is 0 Å². The van der Waals surface area contributed by atoms with Crippen molar-refractivity contribution in [2.45, 2.75) is 13.5 Å². The average molecular weight is 293 g/mol. The van der Waals surface area contributed by atoms with Crippen LogP contribution in [0.5, 0.6) is 0 Å². The maximum Gasteiger partial charge on any atom is 0.336 e. The Morgan fingerprint density at radius 2 is 1.82 bits per heavy atom. The molecule has 0 bridgehead atoms.